The molecule has 41 heavy (non-hydrogen) atoms. The number of amides is 3. The monoisotopic (exact) mass is 561 g/mol. The van der Waals surface area contributed by atoms with Gasteiger partial charge in [-0.1, -0.05) is 45.4 Å². The summed E-state index contributed by atoms with van der Waals surface area (Å²) in [6, 6.07) is 4.87. The molecule has 10 heteroatoms. The van der Waals surface area contributed by atoms with Gasteiger partial charge < -0.3 is 20.3 Å². The highest BCUT2D eigenvalue weighted by molar-refractivity contribution is 6.01. The zero-order valence-electron chi connectivity index (χ0n) is 24.1. The third-order valence-electron chi connectivity index (χ3n) is 10.0. The summed E-state index contributed by atoms with van der Waals surface area (Å²) in [5.41, 5.74) is 2.81. The van der Waals surface area contributed by atoms with Crippen LogP contribution in [0.25, 0.3) is 16.5 Å². The third kappa shape index (κ3) is 3.56. The maximum absolute atomic E-state index is 14.3. The highest BCUT2D eigenvalue weighted by Gasteiger charge is 2.71. The van der Waals surface area contributed by atoms with Gasteiger partial charge in [-0.3, -0.25) is 28.9 Å². The summed E-state index contributed by atoms with van der Waals surface area (Å²) in [4.78, 5) is 50.3. The number of carbonyl (C=O) groups is 3. The third-order valence-corrected chi connectivity index (χ3v) is 10.0. The molecule has 0 spiro atoms. The lowest BCUT2D eigenvalue weighted by molar-refractivity contribution is -0.322. The quantitative estimate of drug-likeness (QED) is 0.515. The second-order valence-corrected chi connectivity index (χ2v) is 12.7. The van der Waals surface area contributed by atoms with Crippen molar-refractivity contribution in [2.75, 3.05) is 20.1 Å². The highest BCUT2D eigenvalue weighted by Crippen LogP contribution is 2.48. The Balaban J connectivity index is 1.24. The summed E-state index contributed by atoms with van der Waals surface area (Å²) in [5.74, 6) is -4.04. The Bertz CT molecular complexity index is 1480. The Morgan fingerprint density at radius 3 is 2.85 bits per heavy atom. The van der Waals surface area contributed by atoms with Gasteiger partial charge in [0.25, 0.3) is 11.8 Å². The van der Waals surface area contributed by atoms with Gasteiger partial charge >= 0.3 is 0 Å². The first-order valence-corrected chi connectivity index (χ1v) is 15.0. The molecule has 6 unspecified atom stereocenters. The second-order valence-electron chi connectivity index (χ2n) is 12.7. The number of hydrogen-bond acceptors (Lipinski definition) is 6. The van der Waals surface area contributed by atoms with Crippen molar-refractivity contribution in [3.63, 3.8) is 0 Å². The van der Waals surface area contributed by atoms with Crippen LogP contribution in [0.4, 0.5) is 0 Å². The van der Waals surface area contributed by atoms with Crippen molar-refractivity contribution in [2.45, 2.75) is 82.6 Å². The van der Waals surface area contributed by atoms with E-state index in [-0.39, 0.29) is 17.9 Å². The van der Waals surface area contributed by atoms with Crippen LogP contribution in [0.5, 0.6) is 0 Å². The Morgan fingerprint density at radius 1 is 1.29 bits per heavy atom. The average molecular weight is 562 g/mol. The zero-order chi connectivity index (χ0) is 28.8. The first kappa shape index (κ1) is 26.7. The number of carbonyl (C=O) groups excluding carboxylic acids is 3. The molecule has 10 nitrogen and oxygen atoms in total. The van der Waals surface area contributed by atoms with Gasteiger partial charge in [0.1, 0.15) is 12.1 Å². The summed E-state index contributed by atoms with van der Waals surface area (Å²) in [7, 11) is 2.03. The van der Waals surface area contributed by atoms with Crippen LogP contribution in [0.1, 0.15) is 57.6 Å². The van der Waals surface area contributed by atoms with Crippen molar-refractivity contribution in [2.24, 2.45) is 11.8 Å². The normalized spacial score (nSPS) is 34.6. The van der Waals surface area contributed by atoms with Gasteiger partial charge in [-0.2, -0.15) is 0 Å². The molecule has 4 aliphatic heterocycles. The van der Waals surface area contributed by atoms with Gasteiger partial charge in [0, 0.05) is 42.1 Å². The van der Waals surface area contributed by atoms with Crippen LogP contribution in [-0.4, -0.2) is 92.4 Å². The number of piperazine rings is 1. The van der Waals surface area contributed by atoms with Crippen LogP contribution in [0.2, 0.25) is 0 Å². The van der Waals surface area contributed by atoms with Crippen LogP contribution in [0.3, 0.4) is 0 Å². The number of aromatic nitrogens is 1. The first-order valence-electron chi connectivity index (χ1n) is 15.0. The molecule has 5 aliphatic rings. The van der Waals surface area contributed by atoms with Crippen molar-refractivity contribution in [1.82, 2.24) is 25.0 Å². The maximum atomic E-state index is 14.3. The molecule has 1 aromatic heterocycles. The minimum absolute atomic E-state index is 0.151. The lowest BCUT2D eigenvalue weighted by Crippen LogP contribution is -2.71. The predicted octanol–water partition coefficient (Wildman–Crippen LogP) is 2.18. The number of nitrogens with one attached hydrogen (secondary N) is 2. The van der Waals surface area contributed by atoms with Gasteiger partial charge in [0.15, 0.2) is 0 Å². The van der Waals surface area contributed by atoms with Crippen LogP contribution < -0.4 is 5.32 Å². The summed E-state index contributed by atoms with van der Waals surface area (Å²) in [6.45, 7) is 6.57. The molecule has 0 bridgehead atoms. The summed E-state index contributed by atoms with van der Waals surface area (Å²) in [5, 5.41) is 16.2. The van der Waals surface area contributed by atoms with E-state index < -0.39 is 41.5 Å². The fourth-order valence-corrected chi connectivity index (χ4v) is 7.98. The molecule has 1 aromatic carbocycles. The molecule has 0 saturated carbocycles. The van der Waals surface area contributed by atoms with E-state index in [9.17, 15) is 19.5 Å². The average Bonchev–Trinajstić information content (AvgIpc) is 3.65. The van der Waals surface area contributed by atoms with Gasteiger partial charge in [-0.15, -0.1) is 0 Å². The lowest BCUT2D eigenvalue weighted by atomic mass is 9.79. The Labute approximate surface area is 239 Å². The number of hydrogen-bond donors (Lipinski definition) is 3. The number of H-pyrrole nitrogens is 1. The maximum Gasteiger partial charge on any atom is 0.281 e. The van der Waals surface area contributed by atoms with E-state index in [1.165, 1.54) is 15.8 Å². The number of nitrogens with zero attached hydrogens (tertiary/aromatic N) is 3. The largest absolute Gasteiger partial charge is 0.361 e. The van der Waals surface area contributed by atoms with Gasteiger partial charge in [-0.05, 0) is 55.5 Å². The molecule has 1 aliphatic carbocycles. The molecule has 3 fully saturated rings. The highest BCUT2D eigenvalue weighted by atomic mass is 16.7. The molecule has 7 rings (SSSR count). The van der Waals surface area contributed by atoms with E-state index in [1.807, 2.05) is 26.1 Å². The van der Waals surface area contributed by atoms with E-state index >= 15 is 0 Å². The van der Waals surface area contributed by atoms with Gasteiger partial charge in [-0.25, -0.2) is 0 Å². The lowest BCUT2D eigenvalue weighted by Gasteiger charge is -2.48. The molecule has 0 radical (unpaired) electrons. The predicted molar refractivity (Wildman–Crippen MR) is 152 cm³/mol. The Hall–Kier alpha value is -3.21. The van der Waals surface area contributed by atoms with Crippen molar-refractivity contribution < 1.29 is 24.2 Å². The summed E-state index contributed by atoms with van der Waals surface area (Å²) < 4.78 is 6.40. The number of benzene rings is 1. The molecule has 6 atom stereocenters. The number of ether oxygens (including phenoxy) is 1. The number of aliphatic hydroxyl groups is 1. The molecule has 3 amide bonds. The summed E-state index contributed by atoms with van der Waals surface area (Å²) >= 11 is 0. The van der Waals surface area contributed by atoms with Crippen LogP contribution in [0, 0.1) is 11.8 Å². The molecule has 218 valence electrons. The number of rotatable bonds is 5. The van der Waals surface area contributed by atoms with Gasteiger partial charge in [0.05, 0.1) is 5.92 Å². The molecule has 2 aromatic rings. The molecular weight excluding hydrogens is 522 g/mol. The van der Waals surface area contributed by atoms with Gasteiger partial charge in [0.2, 0.25) is 17.5 Å². The van der Waals surface area contributed by atoms with Crippen molar-refractivity contribution in [1.29, 1.82) is 0 Å². The van der Waals surface area contributed by atoms with Crippen LogP contribution in [-0.2, 0) is 25.5 Å². The van der Waals surface area contributed by atoms with Crippen LogP contribution >= 0.6 is 0 Å². The van der Waals surface area contributed by atoms with E-state index in [2.05, 4.69) is 33.5 Å². The van der Waals surface area contributed by atoms with Crippen molar-refractivity contribution in [3.05, 3.63) is 41.6 Å². The second kappa shape index (κ2) is 9.14. The standard InChI is InChI=1S/C31H39N5O5/c1-5-8-23-28(38)35-12-7-11-25(35)31(40)36(23)29(39)30(41-31,17(2)3)33-27(37)19-13-21-20-9-6-10-22-26(20)18(15-32-22)14-24(21)34(4)16-19/h6,9-10,13,15,17,19,23-25,32,40H,5,7-8,11-12,14,16H2,1-4H3,(H,33,37). The molecule has 3 saturated heterocycles. The van der Waals surface area contributed by atoms with Crippen molar-refractivity contribution >= 4 is 34.2 Å². The Kier molecular flexibility index (Phi) is 5.95. The first-order chi connectivity index (χ1) is 19.6. The minimum Gasteiger partial charge on any atom is -0.361 e. The fraction of sp³-hybridized carbons (Fsp3) is 0.581. The number of fused-ring (bicyclic) bond motifs is 5. The zero-order valence-corrected chi connectivity index (χ0v) is 24.1. The fourth-order valence-electron chi connectivity index (χ4n) is 7.98. The minimum atomic E-state index is -1.99. The smallest absolute Gasteiger partial charge is 0.281 e. The van der Waals surface area contributed by atoms with E-state index in [4.69, 9.17) is 4.74 Å². The molecule has 3 N–H and O–H groups in total. The SMILES string of the molecule is CCCC1C(=O)N2CCCC2C2(O)OC(NC(=O)C3C=C4c5cccc6[nH]cc(c56)CC4N(C)C3)(C(C)C)C(=O)N12. The van der Waals surface area contributed by atoms with E-state index in [0.717, 1.165) is 29.5 Å². The topological polar surface area (TPSA) is 118 Å². The number of likely N-dealkylation sites (N-methyl/N-ethyl adjacent to an activating group) is 1. The van der Waals surface area contributed by atoms with E-state index in [0.29, 0.717) is 32.4 Å². The van der Waals surface area contributed by atoms with Crippen LogP contribution in [0.15, 0.2) is 30.5 Å². The molecular formula is C31H39N5O5. The summed E-state index contributed by atoms with van der Waals surface area (Å²) in [6.07, 6.45) is 7.31. The Morgan fingerprint density at radius 2 is 2.10 bits per heavy atom. The number of aromatic amines is 1. The van der Waals surface area contributed by atoms with E-state index in [1.54, 1.807) is 18.7 Å². The van der Waals surface area contributed by atoms with Crippen molar-refractivity contribution in [3.8, 4) is 0 Å². The molecule has 5 heterocycles.